The second-order valence-corrected chi connectivity index (χ2v) is 8.11. The van der Waals surface area contributed by atoms with Gasteiger partial charge in [-0.3, -0.25) is 4.90 Å². The van der Waals surface area contributed by atoms with Crippen molar-refractivity contribution in [2.45, 2.75) is 42.7 Å². The number of nitrogens with zero attached hydrogens (tertiary/aromatic N) is 2. The fourth-order valence-corrected chi connectivity index (χ4v) is 4.98. The van der Waals surface area contributed by atoms with E-state index in [9.17, 15) is 13.5 Å². The summed E-state index contributed by atoms with van der Waals surface area (Å²) in [6, 6.07) is 8.82. The van der Waals surface area contributed by atoms with Gasteiger partial charge in [-0.25, -0.2) is 8.42 Å². The summed E-state index contributed by atoms with van der Waals surface area (Å²) in [5.74, 6) is 0. The van der Waals surface area contributed by atoms with E-state index < -0.39 is 10.0 Å². The summed E-state index contributed by atoms with van der Waals surface area (Å²) in [5.41, 5.74) is 0. The minimum absolute atomic E-state index is 0.204. The normalized spacial score (nSPS) is 28.6. The highest BCUT2D eigenvalue weighted by Gasteiger charge is 2.34. The van der Waals surface area contributed by atoms with Crippen LogP contribution in [-0.4, -0.2) is 61.1 Å². The minimum atomic E-state index is -3.39. The molecule has 0 amide bonds. The highest BCUT2D eigenvalue weighted by Crippen LogP contribution is 2.25. The van der Waals surface area contributed by atoms with Crippen LogP contribution in [0.4, 0.5) is 0 Å². The van der Waals surface area contributed by atoms with Crippen LogP contribution in [0.2, 0.25) is 0 Å². The number of rotatable bonds is 3. The van der Waals surface area contributed by atoms with Gasteiger partial charge in [0.1, 0.15) is 0 Å². The predicted molar refractivity (Wildman–Crippen MR) is 85.0 cm³/mol. The number of sulfonamides is 1. The third kappa shape index (κ3) is 3.20. The van der Waals surface area contributed by atoms with E-state index in [0.29, 0.717) is 31.1 Å². The molecule has 2 aliphatic rings. The van der Waals surface area contributed by atoms with Gasteiger partial charge in [0.25, 0.3) is 0 Å². The molecule has 3 rings (SSSR count). The van der Waals surface area contributed by atoms with E-state index in [1.54, 1.807) is 28.6 Å². The van der Waals surface area contributed by atoms with Gasteiger partial charge in [-0.05, 0) is 25.0 Å². The molecule has 2 atom stereocenters. The molecule has 1 saturated heterocycles. The second kappa shape index (κ2) is 6.66. The Morgan fingerprint density at radius 3 is 2.23 bits per heavy atom. The molecular formula is C16H24N2O3S. The van der Waals surface area contributed by atoms with Gasteiger partial charge in [-0.1, -0.05) is 31.0 Å². The number of aliphatic hydroxyl groups is 1. The molecule has 2 unspecified atom stereocenters. The van der Waals surface area contributed by atoms with Gasteiger partial charge in [0, 0.05) is 32.2 Å². The Balaban J connectivity index is 1.64. The van der Waals surface area contributed by atoms with Crippen LogP contribution in [0.5, 0.6) is 0 Å². The zero-order valence-electron chi connectivity index (χ0n) is 12.8. The first kappa shape index (κ1) is 15.9. The smallest absolute Gasteiger partial charge is 0.243 e. The first-order valence-corrected chi connectivity index (χ1v) is 9.50. The average molecular weight is 324 g/mol. The molecule has 1 aromatic rings. The molecular weight excluding hydrogens is 300 g/mol. The van der Waals surface area contributed by atoms with Gasteiger partial charge in [0.2, 0.25) is 10.0 Å². The topological polar surface area (TPSA) is 60.9 Å². The van der Waals surface area contributed by atoms with E-state index >= 15 is 0 Å². The molecule has 0 radical (unpaired) electrons. The standard InChI is InChI=1S/C16H24N2O3S/c19-16-9-5-4-8-15(16)17-10-12-18(13-11-17)22(20,21)14-6-2-1-3-7-14/h1-3,6-7,15-16,19H,4-5,8-13H2. The molecule has 1 saturated carbocycles. The maximum atomic E-state index is 12.6. The van der Waals surface area contributed by atoms with E-state index in [4.69, 9.17) is 0 Å². The molecule has 0 bridgehead atoms. The quantitative estimate of drug-likeness (QED) is 0.910. The lowest BCUT2D eigenvalue weighted by Gasteiger charge is -2.42. The van der Waals surface area contributed by atoms with Gasteiger partial charge in [-0.15, -0.1) is 0 Å². The molecule has 1 aliphatic heterocycles. The minimum Gasteiger partial charge on any atom is -0.391 e. The zero-order chi connectivity index (χ0) is 15.6. The van der Waals surface area contributed by atoms with E-state index in [1.165, 1.54) is 0 Å². The number of aliphatic hydroxyl groups excluding tert-OH is 1. The zero-order valence-corrected chi connectivity index (χ0v) is 13.6. The van der Waals surface area contributed by atoms with Crippen LogP contribution in [0.1, 0.15) is 25.7 Å². The highest BCUT2D eigenvalue weighted by molar-refractivity contribution is 7.89. The number of benzene rings is 1. The summed E-state index contributed by atoms with van der Waals surface area (Å²) < 4.78 is 26.7. The maximum absolute atomic E-state index is 12.6. The molecule has 1 N–H and O–H groups in total. The third-order valence-electron chi connectivity index (χ3n) is 4.82. The predicted octanol–water partition coefficient (Wildman–Crippen LogP) is 1.30. The van der Waals surface area contributed by atoms with Gasteiger partial charge >= 0.3 is 0 Å². The van der Waals surface area contributed by atoms with Crippen LogP contribution in [0.25, 0.3) is 0 Å². The largest absolute Gasteiger partial charge is 0.391 e. The molecule has 2 fully saturated rings. The Morgan fingerprint density at radius 2 is 1.59 bits per heavy atom. The molecule has 1 aliphatic carbocycles. The fraction of sp³-hybridized carbons (Fsp3) is 0.625. The summed E-state index contributed by atoms with van der Waals surface area (Å²) in [6.45, 7) is 2.41. The van der Waals surface area contributed by atoms with Crippen molar-refractivity contribution in [2.24, 2.45) is 0 Å². The second-order valence-electron chi connectivity index (χ2n) is 6.17. The first-order chi connectivity index (χ1) is 10.6. The lowest BCUT2D eigenvalue weighted by molar-refractivity contribution is 0.00640. The van der Waals surface area contributed by atoms with Crippen molar-refractivity contribution in [1.29, 1.82) is 0 Å². The summed E-state index contributed by atoms with van der Waals surface area (Å²) in [4.78, 5) is 2.63. The number of hydrogen-bond donors (Lipinski definition) is 1. The molecule has 122 valence electrons. The number of piperazine rings is 1. The Morgan fingerprint density at radius 1 is 0.955 bits per heavy atom. The van der Waals surface area contributed by atoms with E-state index in [2.05, 4.69) is 4.90 Å². The van der Waals surface area contributed by atoms with E-state index in [1.807, 2.05) is 6.07 Å². The van der Waals surface area contributed by atoms with Gasteiger partial charge in [-0.2, -0.15) is 4.31 Å². The average Bonchev–Trinajstić information content (AvgIpc) is 2.56. The number of hydrogen-bond acceptors (Lipinski definition) is 4. The third-order valence-corrected chi connectivity index (χ3v) is 6.73. The highest BCUT2D eigenvalue weighted by atomic mass is 32.2. The molecule has 1 heterocycles. The van der Waals surface area contributed by atoms with Gasteiger partial charge in [0.15, 0.2) is 0 Å². The molecule has 6 heteroatoms. The molecule has 0 aromatic heterocycles. The van der Waals surface area contributed by atoms with Crippen molar-refractivity contribution in [3.8, 4) is 0 Å². The van der Waals surface area contributed by atoms with Crippen LogP contribution >= 0.6 is 0 Å². The van der Waals surface area contributed by atoms with Crippen LogP contribution in [0.15, 0.2) is 35.2 Å². The van der Waals surface area contributed by atoms with Crippen molar-refractivity contribution >= 4 is 10.0 Å². The SMILES string of the molecule is O=S(=O)(c1ccccc1)N1CCN(C2CCCCC2O)CC1. The Kier molecular flexibility index (Phi) is 4.82. The monoisotopic (exact) mass is 324 g/mol. The molecule has 5 nitrogen and oxygen atoms in total. The summed E-state index contributed by atoms with van der Waals surface area (Å²) >= 11 is 0. The molecule has 0 spiro atoms. The van der Waals surface area contributed by atoms with Crippen LogP contribution in [0, 0.1) is 0 Å². The van der Waals surface area contributed by atoms with Crippen LogP contribution < -0.4 is 0 Å². The summed E-state index contributed by atoms with van der Waals surface area (Å²) in [7, 11) is -3.39. The fourth-order valence-electron chi connectivity index (χ4n) is 3.53. The summed E-state index contributed by atoms with van der Waals surface area (Å²) in [6.07, 6.45) is 3.88. The van der Waals surface area contributed by atoms with Crippen LogP contribution in [0.3, 0.4) is 0 Å². The Labute approximate surface area is 132 Å². The van der Waals surface area contributed by atoms with Gasteiger partial charge in [0.05, 0.1) is 11.0 Å². The van der Waals surface area contributed by atoms with E-state index in [0.717, 1.165) is 25.7 Å². The Bertz CT molecular complexity index is 583. The lowest BCUT2D eigenvalue weighted by atomic mass is 9.91. The first-order valence-electron chi connectivity index (χ1n) is 8.06. The van der Waals surface area contributed by atoms with E-state index in [-0.39, 0.29) is 12.1 Å². The maximum Gasteiger partial charge on any atom is 0.243 e. The Hall–Kier alpha value is -0.950. The molecule has 1 aromatic carbocycles. The van der Waals surface area contributed by atoms with Crippen molar-refractivity contribution in [1.82, 2.24) is 9.21 Å². The summed E-state index contributed by atoms with van der Waals surface area (Å²) in [5, 5.41) is 10.2. The van der Waals surface area contributed by atoms with Crippen LogP contribution in [-0.2, 0) is 10.0 Å². The van der Waals surface area contributed by atoms with Crippen molar-refractivity contribution in [3.63, 3.8) is 0 Å². The van der Waals surface area contributed by atoms with Gasteiger partial charge < -0.3 is 5.11 Å². The van der Waals surface area contributed by atoms with Crippen molar-refractivity contribution in [3.05, 3.63) is 30.3 Å². The molecule has 22 heavy (non-hydrogen) atoms. The lowest BCUT2D eigenvalue weighted by Crippen LogP contribution is -2.55. The van der Waals surface area contributed by atoms with Crippen molar-refractivity contribution in [2.75, 3.05) is 26.2 Å². The van der Waals surface area contributed by atoms with Crippen molar-refractivity contribution < 1.29 is 13.5 Å².